The molecule has 0 radical (unpaired) electrons. The maximum absolute atomic E-state index is 9.70. The second kappa shape index (κ2) is 6.38. The van der Waals surface area contributed by atoms with Gasteiger partial charge in [0.2, 0.25) is 0 Å². The second-order valence-electron chi connectivity index (χ2n) is 2.96. The molecule has 0 amide bonds. The van der Waals surface area contributed by atoms with Crippen LogP contribution in [0.25, 0.3) is 0 Å². The van der Waals surface area contributed by atoms with Crippen molar-refractivity contribution >= 4 is 39.9 Å². The van der Waals surface area contributed by atoms with E-state index >= 15 is 0 Å². The maximum Gasteiger partial charge on any atom is 0.134 e. The van der Waals surface area contributed by atoms with E-state index in [-0.39, 0.29) is 24.2 Å². The van der Waals surface area contributed by atoms with Crippen LogP contribution in [0.2, 0.25) is 5.02 Å². The molecule has 0 heterocycles. The van der Waals surface area contributed by atoms with Crippen LogP contribution in [0.4, 0.5) is 0 Å². The minimum Gasteiger partial charge on any atom is -0.506 e. The van der Waals surface area contributed by atoms with Crippen LogP contribution in [0, 0.1) is 0 Å². The minimum absolute atomic E-state index is 0. The molecule has 1 rings (SSSR count). The lowest BCUT2D eigenvalue weighted by Crippen LogP contribution is -2.09. The molecule has 5 heteroatoms. The zero-order chi connectivity index (χ0) is 10.7. The molecule has 0 saturated heterocycles. The monoisotopic (exact) mass is 311 g/mol. The van der Waals surface area contributed by atoms with E-state index in [0.717, 1.165) is 0 Å². The highest BCUT2D eigenvalue weighted by molar-refractivity contribution is 9.10. The minimum atomic E-state index is -0.275. The SMILES string of the molecule is C=CC[C@H](N)c1cc(Cl)cc(Br)c1O.Cl. The van der Waals surface area contributed by atoms with Gasteiger partial charge in [0.05, 0.1) is 4.47 Å². The summed E-state index contributed by atoms with van der Waals surface area (Å²) in [5.41, 5.74) is 6.46. The van der Waals surface area contributed by atoms with E-state index in [1.54, 1.807) is 18.2 Å². The van der Waals surface area contributed by atoms with Crippen molar-refractivity contribution in [1.29, 1.82) is 0 Å². The Kier molecular flexibility index (Phi) is 6.29. The van der Waals surface area contributed by atoms with Crippen LogP contribution in [-0.2, 0) is 0 Å². The predicted octanol–water partition coefficient (Wildman–Crippen LogP) is 3.81. The Balaban J connectivity index is 0.00000196. The topological polar surface area (TPSA) is 46.2 Å². The van der Waals surface area contributed by atoms with Crippen LogP contribution >= 0.6 is 39.9 Å². The summed E-state index contributed by atoms with van der Waals surface area (Å²) in [7, 11) is 0. The molecule has 0 unspecified atom stereocenters. The van der Waals surface area contributed by atoms with E-state index in [0.29, 0.717) is 21.5 Å². The van der Waals surface area contributed by atoms with Gasteiger partial charge in [-0.25, -0.2) is 0 Å². The normalized spacial score (nSPS) is 11.7. The third-order valence-electron chi connectivity index (χ3n) is 1.88. The lowest BCUT2D eigenvalue weighted by atomic mass is 10.0. The number of aromatic hydroxyl groups is 1. The molecule has 0 saturated carbocycles. The Morgan fingerprint density at radius 2 is 2.20 bits per heavy atom. The molecule has 0 aliphatic carbocycles. The number of benzene rings is 1. The van der Waals surface area contributed by atoms with Crippen molar-refractivity contribution in [2.24, 2.45) is 5.73 Å². The van der Waals surface area contributed by atoms with E-state index in [9.17, 15) is 5.11 Å². The molecular formula is C10H12BrCl2NO. The third kappa shape index (κ3) is 3.68. The van der Waals surface area contributed by atoms with E-state index in [1.807, 2.05) is 0 Å². The fourth-order valence-electron chi connectivity index (χ4n) is 1.18. The van der Waals surface area contributed by atoms with E-state index in [1.165, 1.54) is 0 Å². The molecular weight excluding hydrogens is 301 g/mol. The van der Waals surface area contributed by atoms with Gasteiger partial charge in [0, 0.05) is 16.6 Å². The van der Waals surface area contributed by atoms with Gasteiger partial charge in [0.1, 0.15) is 5.75 Å². The summed E-state index contributed by atoms with van der Waals surface area (Å²) in [6.45, 7) is 3.59. The fraction of sp³-hybridized carbons (Fsp3) is 0.200. The summed E-state index contributed by atoms with van der Waals surface area (Å²) < 4.78 is 0.555. The first-order valence-electron chi connectivity index (χ1n) is 4.10. The van der Waals surface area contributed by atoms with Crippen LogP contribution in [0.15, 0.2) is 29.3 Å². The molecule has 1 atom stereocenters. The van der Waals surface area contributed by atoms with Crippen molar-refractivity contribution in [1.82, 2.24) is 0 Å². The first kappa shape index (κ1) is 14.8. The van der Waals surface area contributed by atoms with Gasteiger partial charge < -0.3 is 10.8 Å². The van der Waals surface area contributed by atoms with Crippen molar-refractivity contribution in [3.05, 3.63) is 39.8 Å². The number of hydrogen-bond acceptors (Lipinski definition) is 2. The van der Waals surface area contributed by atoms with Crippen LogP contribution in [0.1, 0.15) is 18.0 Å². The molecule has 84 valence electrons. The second-order valence-corrected chi connectivity index (χ2v) is 4.25. The van der Waals surface area contributed by atoms with Gasteiger partial charge >= 0.3 is 0 Å². The number of nitrogens with two attached hydrogens (primary N) is 1. The van der Waals surface area contributed by atoms with Gasteiger partial charge in [-0.3, -0.25) is 0 Å². The average molecular weight is 313 g/mol. The number of rotatable bonds is 3. The highest BCUT2D eigenvalue weighted by Crippen LogP contribution is 2.35. The van der Waals surface area contributed by atoms with Gasteiger partial charge in [-0.15, -0.1) is 19.0 Å². The Morgan fingerprint density at radius 3 is 2.73 bits per heavy atom. The fourth-order valence-corrected chi connectivity index (χ4v) is 2.01. The zero-order valence-corrected chi connectivity index (χ0v) is 11.1. The van der Waals surface area contributed by atoms with Crippen molar-refractivity contribution in [3.8, 4) is 5.75 Å². The van der Waals surface area contributed by atoms with Gasteiger partial charge in [-0.05, 0) is 34.5 Å². The molecule has 0 spiro atoms. The first-order valence-corrected chi connectivity index (χ1v) is 5.27. The highest BCUT2D eigenvalue weighted by Gasteiger charge is 2.13. The molecule has 0 bridgehead atoms. The number of phenolic OH excluding ortho intramolecular Hbond substituents is 1. The van der Waals surface area contributed by atoms with Gasteiger partial charge in [-0.2, -0.15) is 0 Å². The molecule has 1 aromatic rings. The Morgan fingerprint density at radius 1 is 1.60 bits per heavy atom. The summed E-state index contributed by atoms with van der Waals surface area (Å²) in [6, 6.07) is 3.01. The van der Waals surface area contributed by atoms with Gasteiger partial charge in [0.25, 0.3) is 0 Å². The van der Waals surface area contributed by atoms with E-state index < -0.39 is 0 Å². The summed E-state index contributed by atoms with van der Waals surface area (Å²) in [5.74, 6) is 0.142. The van der Waals surface area contributed by atoms with Gasteiger partial charge in [-0.1, -0.05) is 17.7 Å². The van der Waals surface area contributed by atoms with Crippen LogP contribution in [0.5, 0.6) is 5.75 Å². The van der Waals surface area contributed by atoms with Crippen LogP contribution in [0.3, 0.4) is 0 Å². The van der Waals surface area contributed by atoms with E-state index in [4.69, 9.17) is 17.3 Å². The number of hydrogen-bond donors (Lipinski definition) is 2. The highest BCUT2D eigenvalue weighted by atomic mass is 79.9. The van der Waals surface area contributed by atoms with Crippen LogP contribution in [-0.4, -0.2) is 5.11 Å². The number of phenols is 1. The predicted molar refractivity (Wildman–Crippen MR) is 69.8 cm³/mol. The quantitative estimate of drug-likeness (QED) is 0.834. The molecule has 1 aromatic carbocycles. The standard InChI is InChI=1S/C10H11BrClNO.ClH/c1-2-3-9(13)7-4-6(12)5-8(11)10(7)14;/h2,4-5,9,14H,1,3,13H2;1H/t9-;/m0./s1. The zero-order valence-electron chi connectivity index (χ0n) is 7.91. The molecule has 2 nitrogen and oxygen atoms in total. The Hall–Kier alpha value is -0.220. The van der Waals surface area contributed by atoms with Crippen LogP contribution < -0.4 is 5.73 Å². The first-order chi connectivity index (χ1) is 6.56. The average Bonchev–Trinajstić information content (AvgIpc) is 2.11. The molecule has 3 N–H and O–H groups in total. The van der Waals surface area contributed by atoms with E-state index in [2.05, 4.69) is 22.5 Å². The smallest absolute Gasteiger partial charge is 0.134 e. The molecule has 0 aromatic heterocycles. The maximum atomic E-state index is 9.70. The Labute approximate surface area is 109 Å². The van der Waals surface area contributed by atoms with Crippen molar-refractivity contribution in [2.75, 3.05) is 0 Å². The molecule has 15 heavy (non-hydrogen) atoms. The summed E-state index contributed by atoms with van der Waals surface area (Å²) >= 11 is 9.04. The molecule has 0 aliphatic rings. The van der Waals surface area contributed by atoms with Gasteiger partial charge in [0.15, 0.2) is 0 Å². The lowest BCUT2D eigenvalue weighted by molar-refractivity contribution is 0.458. The van der Waals surface area contributed by atoms with Crippen molar-refractivity contribution in [2.45, 2.75) is 12.5 Å². The van der Waals surface area contributed by atoms with Crippen molar-refractivity contribution in [3.63, 3.8) is 0 Å². The largest absolute Gasteiger partial charge is 0.506 e. The summed E-state index contributed by atoms with van der Waals surface area (Å²) in [4.78, 5) is 0. The number of halogens is 3. The molecule has 0 aliphatic heterocycles. The summed E-state index contributed by atoms with van der Waals surface area (Å²) in [5, 5.41) is 10.2. The Bertz CT molecular complexity index is 358. The third-order valence-corrected chi connectivity index (χ3v) is 2.70. The van der Waals surface area contributed by atoms with Crippen molar-refractivity contribution < 1.29 is 5.11 Å². The summed E-state index contributed by atoms with van der Waals surface area (Å²) in [6.07, 6.45) is 2.30. The molecule has 0 fully saturated rings. The lowest BCUT2D eigenvalue weighted by Gasteiger charge is -2.13.